The molecule has 148 valence electrons. The number of carbonyl (C=O) groups is 1. The van der Waals surface area contributed by atoms with Gasteiger partial charge in [0.05, 0.1) is 23.0 Å². The highest BCUT2D eigenvalue weighted by atomic mass is 16.2. The Morgan fingerprint density at radius 2 is 1.93 bits per heavy atom. The Hall–Kier alpha value is -3.87. The normalized spacial score (nSPS) is 13.4. The molecule has 2 heterocycles. The molecule has 0 fully saturated rings. The summed E-state index contributed by atoms with van der Waals surface area (Å²) >= 11 is 0. The van der Waals surface area contributed by atoms with E-state index in [0.717, 1.165) is 29.5 Å². The minimum absolute atomic E-state index is 0.204. The predicted molar refractivity (Wildman–Crippen MR) is 113 cm³/mol. The number of aromatic nitrogens is 2. The summed E-state index contributed by atoms with van der Waals surface area (Å²) in [6.07, 6.45) is 2.29. The van der Waals surface area contributed by atoms with Crippen molar-refractivity contribution >= 4 is 22.5 Å². The third-order valence-electron chi connectivity index (χ3n) is 5.59. The molecule has 4 aromatic rings. The van der Waals surface area contributed by atoms with Crippen LogP contribution in [0.15, 0.2) is 64.3 Å². The van der Waals surface area contributed by atoms with Crippen molar-refractivity contribution in [3.05, 3.63) is 97.4 Å². The molecule has 0 atom stereocenters. The quantitative estimate of drug-likeness (QED) is 0.526. The standard InChI is InChI=1S/C23H18N4O3/c28-21-10-20(22(21)29)27-8-7-15-6-5-14(9-16(15)13-27)11-24-23(30)18-12-25-26-19-4-2-1-3-17(18)19/h1-6,9-10,12H,7-8,11,13H2,(H,24,30). The van der Waals surface area contributed by atoms with Gasteiger partial charge in [0, 0.05) is 31.1 Å². The second kappa shape index (κ2) is 7.18. The Kier molecular flexibility index (Phi) is 4.35. The van der Waals surface area contributed by atoms with E-state index in [1.165, 1.54) is 17.8 Å². The molecular weight excluding hydrogens is 380 g/mol. The zero-order chi connectivity index (χ0) is 20.7. The molecule has 0 saturated heterocycles. The van der Waals surface area contributed by atoms with E-state index >= 15 is 0 Å². The summed E-state index contributed by atoms with van der Waals surface area (Å²) in [5.41, 5.74) is 4.15. The number of carbonyl (C=O) groups excluding carboxylic acids is 1. The number of fused-ring (bicyclic) bond motifs is 2. The fourth-order valence-corrected chi connectivity index (χ4v) is 3.93. The van der Waals surface area contributed by atoms with Crippen molar-refractivity contribution in [1.82, 2.24) is 15.5 Å². The first-order chi connectivity index (χ1) is 14.6. The van der Waals surface area contributed by atoms with Gasteiger partial charge in [0.1, 0.15) is 0 Å². The molecule has 1 N–H and O–H groups in total. The molecule has 1 aromatic heterocycles. The minimum atomic E-state index is -0.426. The molecule has 0 spiro atoms. The van der Waals surface area contributed by atoms with Gasteiger partial charge < -0.3 is 10.2 Å². The van der Waals surface area contributed by atoms with E-state index in [4.69, 9.17) is 0 Å². The van der Waals surface area contributed by atoms with Gasteiger partial charge in [0.15, 0.2) is 0 Å². The molecule has 1 aliphatic heterocycles. The number of nitrogens with one attached hydrogen (secondary N) is 1. The highest BCUT2D eigenvalue weighted by Crippen LogP contribution is 2.23. The number of rotatable bonds is 4. The Morgan fingerprint density at radius 3 is 2.77 bits per heavy atom. The fraction of sp³-hybridized carbons (Fsp3) is 0.174. The van der Waals surface area contributed by atoms with Crippen molar-refractivity contribution in [3.8, 4) is 0 Å². The van der Waals surface area contributed by atoms with Crippen LogP contribution in [0.1, 0.15) is 27.0 Å². The average Bonchev–Trinajstić information content (AvgIpc) is 2.79. The van der Waals surface area contributed by atoms with E-state index in [1.54, 1.807) is 0 Å². The average molecular weight is 398 g/mol. The van der Waals surface area contributed by atoms with Crippen LogP contribution in [-0.4, -0.2) is 22.6 Å². The maximum Gasteiger partial charge on any atom is 0.253 e. The molecule has 0 bridgehead atoms. The molecule has 5 rings (SSSR count). The van der Waals surface area contributed by atoms with Crippen molar-refractivity contribution in [2.75, 3.05) is 11.4 Å². The lowest BCUT2D eigenvalue weighted by atomic mass is 9.96. The van der Waals surface area contributed by atoms with Crippen LogP contribution < -0.4 is 21.1 Å². The Balaban J connectivity index is 1.32. The molecule has 0 aliphatic carbocycles. The van der Waals surface area contributed by atoms with Gasteiger partial charge >= 0.3 is 0 Å². The second-order valence-electron chi connectivity index (χ2n) is 7.46. The molecule has 1 aliphatic rings. The molecule has 7 heteroatoms. The van der Waals surface area contributed by atoms with Crippen LogP contribution in [0.5, 0.6) is 0 Å². The largest absolute Gasteiger partial charge is 0.363 e. The van der Waals surface area contributed by atoms with Gasteiger partial charge in [-0.2, -0.15) is 10.2 Å². The number of hydrogen-bond acceptors (Lipinski definition) is 6. The zero-order valence-electron chi connectivity index (χ0n) is 16.1. The van der Waals surface area contributed by atoms with Crippen molar-refractivity contribution < 1.29 is 4.79 Å². The highest BCUT2D eigenvalue weighted by molar-refractivity contribution is 6.05. The summed E-state index contributed by atoms with van der Waals surface area (Å²) in [4.78, 5) is 37.6. The van der Waals surface area contributed by atoms with Crippen LogP contribution in [-0.2, 0) is 19.5 Å². The minimum Gasteiger partial charge on any atom is -0.363 e. The third kappa shape index (κ3) is 3.14. The molecule has 1 amide bonds. The van der Waals surface area contributed by atoms with Crippen LogP contribution in [0.3, 0.4) is 0 Å². The molecule has 0 unspecified atom stereocenters. The number of anilines is 1. The zero-order valence-corrected chi connectivity index (χ0v) is 16.1. The van der Waals surface area contributed by atoms with Gasteiger partial charge in [-0.25, -0.2) is 0 Å². The predicted octanol–water partition coefficient (Wildman–Crippen LogP) is 1.72. The molecular formula is C23H18N4O3. The van der Waals surface area contributed by atoms with Crippen LogP contribution in [0, 0.1) is 0 Å². The van der Waals surface area contributed by atoms with Gasteiger partial charge in [0.25, 0.3) is 5.91 Å². The third-order valence-corrected chi connectivity index (χ3v) is 5.59. The van der Waals surface area contributed by atoms with Gasteiger partial charge in [-0.3, -0.25) is 14.4 Å². The van der Waals surface area contributed by atoms with Crippen molar-refractivity contribution in [2.24, 2.45) is 0 Å². The fourth-order valence-electron chi connectivity index (χ4n) is 3.93. The number of amides is 1. The topological polar surface area (TPSA) is 92.3 Å². The van der Waals surface area contributed by atoms with Crippen molar-refractivity contribution in [3.63, 3.8) is 0 Å². The molecule has 3 aromatic carbocycles. The van der Waals surface area contributed by atoms with Gasteiger partial charge in [-0.1, -0.05) is 36.4 Å². The van der Waals surface area contributed by atoms with Crippen LogP contribution in [0.25, 0.3) is 10.9 Å². The SMILES string of the molecule is O=C(NCc1ccc2c(c1)CN(c1cc(=O)c1=O)CC2)c1cnnc2ccccc12. The monoisotopic (exact) mass is 398 g/mol. The van der Waals surface area contributed by atoms with E-state index in [1.807, 2.05) is 35.2 Å². The molecule has 0 saturated carbocycles. The summed E-state index contributed by atoms with van der Waals surface area (Å²) in [5.74, 6) is -0.204. The molecule has 7 nitrogen and oxygen atoms in total. The highest BCUT2D eigenvalue weighted by Gasteiger charge is 2.22. The summed E-state index contributed by atoms with van der Waals surface area (Å²) in [7, 11) is 0. The van der Waals surface area contributed by atoms with Crippen LogP contribution in [0.4, 0.5) is 5.69 Å². The Labute approximate surface area is 171 Å². The van der Waals surface area contributed by atoms with Gasteiger partial charge in [0.2, 0.25) is 10.9 Å². The van der Waals surface area contributed by atoms with E-state index in [9.17, 15) is 14.4 Å². The van der Waals surface area contributed by atoms with Crippen molar-refractivity contribution in [1.29, 1.82) is 0 Å². The van der Waals surface area contributed by atoms with E-state index in [2.05, 4.69) is 27.6 Å². The second-order valence-corrected chi connectivity index (χ2v) is 7.46. The summed E-state index contributed by atoms with van der Waals surface area (Å²) < 4.78 is 0. The lowest BCUT2D eigenvalue weighted by Crippen LogP contribution is -2.41. The Bertz CT molecular complexity index is 1350. The van der Waals surface area contributed by atoms with Gasteiger partial charge in [-0.05, 0) is 29.2 Å². The number of hydrogen-bond donors (Lipinski definition) is 1. The Morgan fingerprint density at radius 1 is 1.07 bits per heavy atom. The molecule has 30 heavy (non-hydrogen) atoms. The van der Waals surface area contributed by atoms with E-state index in [0.29, 0.717) is 29.9 Å². The maximum atomic E-state index is 12.7. The first-order valence-electron chi connectivity index (χ1n) is 9.75. The number of benzene rings is 2. The summed E-state index contributed by atoms with van der Waals surface area (Å²) in [6.45, 7) is 1.68. The van der Waals surface area contributed by atoms with Crippen LogP contribution in [0.2, 0.25) is 0 Å². The van der Waals surface area contributed by atoms with Crippen LogP contribution >= 0.6 is 0 Å². The summed E-state index contributed by atoms with van der Waals surface area (Å²) in [6, 6.07) is 14.9. The molecule has 0 radical (unpaired) electrons. The van der Waals surface area contributed by atoms with Gasteiger partial charge in [-0.15, -0.1) is 0 Å². The van der Waals surface area contributed by atoms with Crippen molar-refractivity contribution in [2.45, 2.75) is 19.5 Å². The summed E-state index contributed by atoms with van der Waals surface area (Å²) in [5, 5.41) is 11.7. The van der Waals surface area contributed by atoms with E-state index < -0.39 is 10.9 Å². The smallest absolute Gasteiger partial charge is 0.253 e. The lowest BCUT2D eigenvalue weighted by Gasteiger charge is -2.31. The maximum absolute atomic E-state index is 12.7. The first kappa shape index (κ1) is 18.2. The number of nitrogens with zero attached hydrogens (tertiary/aromatic N) is 3. The first-order valence-corrected chi connectivity index (χ1v) is 9.75. The lowest BCUT2D eigenvalue weighted by molar-refractivity contribution is 0.0952. The van der Waals surface area contributed by atoms with E-state index in [-0.39, 0.29) is 5.91 Å².